The highest BCUT2D eigenvalue weighted by Gasteiger charge is 2.42. The number of carbonyl (C=O) groups is 2. The lowest BCUT2D eigenvalue weighted by Crippen LogP contribution is -2.30. The van der Waals surface area contributed by atoms with Gasteiger partial charge in [-0.15, -0.1) is 0 Å². The van der Waals surface area contributed by atoms with Gasteiger partial charge in [0, 0.05) is 19.0 Å². The van der Waals surface area contributed by atoms with Gasteiger partial charge in [0.05, 0.1) is 13.0 Å². The predicted molar refractivity (Wildman–Crippen MR) is 99.8 cm³/mol. The van der Waals surface area contributed by atoms with Crippen LogP contribution in [0.2, 0.25) is 0 Å². The van der Waals surface area contributed by atoms with Crippen molar-refractivity contribution in [2.75, 3.05) is 20.2 Å². The number of hydrogen-bond acceptors (Lipinski definition) is 4. The van der Waals surface area contributed by atoms with Crippen molar-refractivity contribution >= 4 is 12.1 Å². The van der Waals surface area contributed by atoms with Crippen molar-refractivity contribution in [3.8, 4) is 5.75 Å². The molecule has 2 atom stereocenters. The van der Waals surface area contributed by atoms with Crippen LogP contribution in [0.4, 0.5) is 4.79 Å². The average molecular weight is 369 g/mol. The van der Waals surface area contributed by atoms with E-state index in [1.54, 1.807) is 7.11 Å². The lowest BCUT2D eigenvalue weighted by Gasteiger charge is -2.19. The molecule has 2 aromatic carbocycles. The second-order valence-electron chi connectivity index (χ2n) is 6.74. The van der Waals surface area contributed by atoms with Crippen molar-refractivity contribution in [1.29, 1.82) is 0 Å². The highest BCUT2D eigenvalue weighted by molar-refractivity contribution is 5.76. The van der Waals surface area contributed by atoms with Crippen LogP contribution < -0.4 is 4.74 Å². The van der Waals surface area contributed by atoms with E-state index in [1.807, 2.05) is 55.5 Å². The first-order valence-corrected chi connectivity index (χ1v) is 8.82. The van der Waals surface area contributed by atoms with Crippen LogP contribution in [-0.4, -0.2) is 42.3 Å². The zero-order valence-corrected chi connectivity index (χ0v) is 15.4. The van der Waals surface area contributed by atoms with Crippen LogP contribution in [0.15, 0.2) is 48.5 Å². The van der Waals surface area contributed by atoms with Crippen LogP contribution in [0, 0.1) is 12.8 Å². The Morgan fingerprint density at radius 1 is 1.15 bits per heavy atom. The molecule has 0 aromatic heterocycles. The minimum absolute atomic E-state index is 0.116. The molecule has 6 nitrogen and oxygen atoms in total. The molecule has 1 saturated heterocycles. The molecule has 0 bridgehead atoms. The van der Waals surface area contributed by atoms with Crippen LogP contribution in [-0.2, 0) is 16.1 Å². The van der Waals surface area contributed by atoms with Gasteiger partial charge in [-0.3, -0.25) is 4.79 Å². The third kappa shape index (κ3) is 4.22. The Kier molecular flexibility index (Phi) is 5.64. The number of rotatable bonds is 5. The predicted octanol–water partition coefficient (Wildman–Crippen LogP) is 3.44. The van der Waals surface area contributed by atoms with E-state index in [4.69, 9.17) is 9.47 Å². The van der Waals surface area contributed by atoms with Gasteiger partial charge >= 0.3 is 12.1 Å². The largest absolute Gasteiger partial charge is 0.496 e. The van der Waals surface area contributed by atoms with Crippen LogP contribution in [0.25, 0.3) is 0 Å². The van der Waals surface area contributed by atoms with E-state index >= 15 is 0 Å². The molecule has 1 fully saturated rings. The highest BCUT2D eigenvalue weighted by atomic mass is 16.6. The Balaban J connectivity index is 1.75. The number of nitrogens with zero attached hydrogens (tertiary/aromatic N) is 1. The smallest absolute Gasteiger partial charge is 0.410 e. The van der Waals surface area contributed by atoms with Crippen molar-refractivity contribution in [3.63, 3.8) is 0 Å². The lowest BCUT2D eigenvalue weighted by atomic mass is 9.88. The molecule has 3 rings (SSSR count). The number of carboxylic acid groups (broad SMARTS) is 1. The van der Waals surface area contributed by atoms with Gasteiger partial charge < -0.3 is 19.5 Å². The number of amides is 1. The number of benzene rings is 2. The second-order valence-corrected chi connectivity index (χ2v) is 6.74. The minimum atomic E-state index is -0.930. The van der Waals surface area contributed by atoms with Crippen molar-refractivity contribution in [2.24, 2.45) is 5.92 Å². The SMILES string of the molecule is COc1cc(C)ccc1[C@@H]1CN(C(=O)OCc2ccccc2)C[C@H]1C(=O)O. The maximum Gasteiger partial charge on any atom is 0.410 e. The summed E-state index contributed by atoms with van der Waals surface area (Å²) >= 11 is 0. The summed E-state index contributed by atoms with van der Waals surface area (Å²) in [4.78, 5) is 25.7. The molecule has 0 radical (unpaired) electrons. The van der Waals surface area contributed by atoms with Gasteiger partial charge in [0.25, 0.3) is 0 Å². The molecule has 0 saturated carbocycles. The summed E-state index contributed by atoms with van der Waals surface area (Å²) in [6.45, 7) is 2.50. The molecule has 142 valence electrons. The Morgan fingerprint density at radius 3 is 2.56 bits per heavy atom. The fraction of sp³-hybridized carbons (Fsp3) is 0.333. The molecule has 0 aliphatic carbocycles. The van der Waals surface area contributed by atoms with Crippen molar-refractivity contribution < 1.29 is 24.2 Å². The van der Waals surface area contributed by atoms with Crippen LogP contribution in [0.5, 0.6) is 5.75 Å². The third-order valence-corrected chi connectivity index (χ3v) is 4.89. The fourth-order valence-electron chi connectivity index (χ4n) is 3.45. The quantitative estimate of drug-likeness (QED) is 0.874. The molecular formula is C21H23NO5. The Bertz CT molecular complexity index is 821. The molecule has 1 heterocycles. The lowest BCUT2D eigenvalue weighted by molar-refractivity contribution is -0.141. The van der Waals surface area contributed by atoms with Crippen LogP contribution in [0.3, 0.4) is 0 Å². The average Bonchev–Trinajstić information content (AvgIpc) is 3.12. The number of carbonyl (C=O) groups excluding carboxylic acids is 1. The number of hydrogen-bond donors (Lipinski definition) is 1. The number of aryl methyl sites for hydroxylation is 1. The first kappa shape index (κ1) is 18.8. The molecule has 27 heavy (non-hydrogen) atoms. The minimum Gasteiger partial charge on any atom is -0.496 e. The Labute approximate surface area is 158 Å². The van der Waals surface area contributed by atoms with Crippen LogP contribution in [0.1, 0.15) is 22.6 Å². The van der Waals surface area contributed by atoms with E-state index in [0.29, 0.717) is 5.75 Å². The molecule has 1 aliphatic heterocycles. The molecule has 0 spiro atoms. The maximum atomic E-state index is 12.5. The molecule has 1 N–H and O–H groups in total. The molecule has 6 heteroatoms. The molecule has 0 unspecified atom stereocenters. The normalized spacial score (nSPS) is 19.0. The fourth-order valence-corrected chi connectivity index (χ4v) is 3.45. The van der Waals surface area contributed by atoms with E-state index in [9.17, 15) is 14.7 Å². The Morgan fingerprint density at radius 2 is 1.89 bits per heavy atom. The van der Waals surface area contributed by atoms with Gasteiger partial charge in [0.2, 0.25) is 0 Å². The Hall–Kier alpha value is -3.02. The summed E-state index contributed by atoms with van der Waals surface area (Å²) in [6, 6.07) is 15.1. The third-order valence-electron chi connectivity index (χ3n) is 4.89. The first-order chi connectivity index (χ1) is 13.0. The maximum absolute atomic E-state index is 12.5. The van der Waals surface area contributed by atoms with E-state index in [0.717, 1.165) is 16.7 Å². The summed E-state index contributed by atoms with van der Waals surface area (Å²) in [5, 5.41) is 9.65. The monoisotopic (exact) mass is 369 g/mol. The first-order valence-electron chi connectivity index (χ1n) is 8.82. The van der Waals surface area contributed by atoms with Gasteiger partial charge in [-0.05, 0) is 29.7 Å². The molecular weight excluding hydrogens is 346 g/mol. The van der Waals surface area contributed by atoms with Gasteiger partial charge in [0.15, 0.2) is 0 Å². The zero-order chi connectivity index (χ0) is 19.4. The summed E-state index contributed by atoms with van der Waals surface area (Å²) in [5.74, 6) is -1.33. The molecule has 2 aromatic rings. The number of ether oxygens (including phenoxy) is 2. The summed E-state index contributed by atoms with van der Waals surface area (Å²) < 4.78 is 10.8. The standard InChI is InChI=1S/C21H23NO5/c1-14-8-9-16(19(10-14)26-2)17-11-22(12-18(17)20(23)24)21(25)27-13-15-6-4-3-5-7-15/h3-10,17-18H,11-13H2,1-2H3,(H,23,24)/t17-,18+/m0/s1. The van der Waals surface area contributed by atoms with E-state index in [1.165, 1.54) is 4.90 Å². The number of methoxy groups -OCH3 is 1. The van der Waals surface area contributed by atoms with Gasteiger partial charge in [-0.2, -0.15) is 0 Å². The van der Waals surface area contributed by atoms with Gasteiger partial charge in [-0.1, -0.05) is 42.5 Å². The molecule has 1 aliphatic rings. The number of likely N-dealkylation sites (tertiary alicyclic amines) is 1. The van der Waals surface area contributed by atoms with E-state index < -0.39 is 18.0 Å². The van der Waals surface area contributed by atoms with E-state index in [2.05, 4.69) is 0 Å². The van der Waals surface area contributed by atoms with Crippen molar-refractivity contribution in [1.82, 2.24) is 4.90 Å². The summed E-state index contributed by atoms with van der Waals surface area (Å²) in [5.41, 5.74) is 2.71. The van der Waals surface area contributed by atoms with Crippen LogP contribution >= 0.6 is 0 Å². The van der Waals surface area contributed by atoms with Crippen molar-refractivity contribution in [2.45, 2.75) is 19.4 Å². The number of aliphatic carboxylic acids is 1. The zero-order valence-electron chi connectivity index (χ0n) is 15.4. The number of carboxylic acids is 1. The van der Waals surface area contributed by atoms with E-state index in [-0.39, 0.29) is 25.6 Å². The summed E-state index contributed by atoms with van der Waals surface area (Å²) in [6.07, 6.45) is -0.501. The molecule has 1 amide bonds. The van der Waals surface area contributed by atoms with Gasteiger partial charge in [-0.25, -0.2) is 4.79 Å². The summed E-state index contributed by atoms with van der Waals surface area (Å²) in [7, 11) is 1.56. The van der Waals surface area contributed by atoms with Crippen molar-refractivity contribution in [3.05, 3.63) is 65.2 Å². The topological polar surface area (TPSA) is 76.1 Å². The highest BCUT2D eigenvalue weighted by Crippen LogP contribution is 2.38. The van der Waals surface area contributed by atoms with Gasteiger partial charge in [0.1, 0.15) is 12.4 Å². The second kappa shape index (κ2) is 8.12.